The Morgan fingerprint density at radius 2 is 1.94 bits per heavy atom. The quantitative estimate of drug-likeness (QED) is 0.565. The Morgan fingerprint density at radius 3 is 2.71 bits per heavy atom. The normalized spacial score (nSPS) is 16.6. The van der Waals surface area contributed by atoms with Gasteiger partial charge in [-0.1, -0.05) is 41.9 Å². The molecule has 2 heterocycles. The van der Waals surface area contributed by atoms with Crippen LogP contribution in [-0.4, -0.2) is 45.3 Å². The fraction of sp³-hybridized carbons (Fsp3) is 0.417. The van der Waals surface area contributed by atoms with Gasteiger partial charge in [0.1, 0.15) is 5.60 Å². The fourth-order valence-corrected chi connectivity index (χ4v) is 4.18. The van der Waals surface area contributed by atoms with Crippen molar-refractivity contribution < 1.29 is 9.53 Å². The molecule has 1 N–H and O–H groups in total. The number of nitrogens with zero attached hydrogens (tertiary/aromatic N) is 3. The third-order valence-corrected chi connectivity index (χ3v) is 5.81. The molecule has 0 spiro atoms. The van der Waals surface area contributed by atoms with Crippen molar-refractivity contribution in [3.8, 4) is 0 Å². The number of nitrogens with one attached hydrogen (secondary N) is 1. The van der Waals surface area contributed by atoms with Crippen molar-refractivity contribution in [2.24, 2.45) is 0 Å². The molecule has 1 atom stereocenters. The zero-order chi connectivity index (χ0) is 22.0. The molecule has 31 heavy (non-hydrogen) atoms. The van der Waals surface area contributed by atoms with Gasteiger partial charge in [0.15, 0.2) is 0 Å². The number of anilines is 1. The number of fused-ring (bicyclic) bond motifs is 1. The molecule has 1 saturated heterocycles. The van der Waals surface area contributed by atoms with Crippen molar-refractivity contribution in [3.63, 3.8) is 0 Å². The van der Waals surface area contributed by atoms with Gasteiger partial charge in [0, 0.05) is 18.1 Å². The molecular formula is C24H29ClN4O2. The Labute approximate surface area is 188 Å². The summed E-state index contributed by atoms with van der Waals surface area (Å²) in [6, 6.07) is 16.0. The SMILES string of the molecule is CC(C)(C)OC(=O)N1CCC[C@@H]1CNc1nc2ccccc2n1Cc1ccccc1Cl. The highest BCUT2D eigenvalue weighted by atomic mass is 35.5. The van der Waals surface area contributed by atoms with Gasteiger partial charge < -0.3 is 19.5 Å². The van der Waals surface area contributed by atoms with Crippen LogP contribution in [0.25, 0.3) is 11.0 Å². The predicted molar refractivity (Wildman–Crippen MR) is 125 cm³/mol. The second kappa shape index (κ2) is 8.79. The first-order valence-electron chi connectivity index (χ1n) is 10.7. The average molecular weight is 441 g/mol. The maximum Gasteiger partial charge on any atom is 0.410 e. The summed E-state index contributed by atoms with van der Waals surface area (Å²) in [5.74, 6) is 0.775. The molecule has 1 amide bonds. The largest absolute Gasteiger partial charge is 0.444 e. The molecule has 0 unspecified atom stereocenters. The number of carbonyl (C=O) groups is 1. The van der Waals surface area contributed by atoms with E-state index in [4.69, 9.17) is 21.3 Å². The predicted octanol–water partition coefficient (Wildman–Crippen LogP) is 5.55. The summed E-state index contributed by atoms with van der Waals surface area (Å²) in [6.07, 6.45) is 1.67. The van der Waals surface area contributed by atoms with Crippen molar-refractivity contribution in [1.82, 2.24) is 14.5 Å². The van der Waals surface area contributed by atoms with Gasteiger partial charge in [-0.25, -0.2) is 9.78 Å². The fourth-order valence-electron chi connectivity index (χ4n) is 3.99. The van der Waals surface area contributed by atoms with Crippen LogP contribution in [0.3, 0.4) is 0 Å². The number of hydrogen-bond acceptors (Lipinski definition) is 4. The molecule has 0 aliphatic carbocycles. The van der Waals surface area contributed by atoms with Gasteiger partial charge >= 0.3 is 6.09 Å². The van der Waals surface area contributed by atoms with Crippen LogP contribution in [0.15, 0.2) is 48.5 Å². The first-order valence-corrected chi connectivity index (χ1v) is 11.1. The van der Waals surface area contributed by atoms with E-state index >= 15 is 0 Å². The van der Waals surface area contributed by atoms with Crippen molar-refractivity contribution in [1.29, 1.82) is 0 Å². The molecule has 1 aromatic heterocycles. The number of para-hydroxylation sites is 2. The first kappa shape index (κ1) is 21.5. The van der Waals surface area contributed by atoms with Crippen LogP contribution in [0.1, 0.15) is 39.2 Å². The molecule has 1 aliphatic rings. The minimum absolute atomic E-state index is 0.0726. The van der Waals surface area contributed by atoms with Crippen LogP contribution in [-0.2, 0) is 11.3 Å². The van der Waals surface area contributed by atoms with Crippen LogP contribution in [0.4, 0.5) is 10.7 Å². The Morgan fingerprint density at radius 1 is 1.19 bits per heavy atom. The maximum absolute atomic E-state index is 12.6. The zero-order valence-corrected chi connectivity index (χ0v) is 19.0. The van der Waals surface area contributed by atoms with Crippen molar-refractivity contribution >= 4 is 34.7 Å². The van der Waals surface area contributed by atoms with Crippen LogP contribution in [0, 0.1) is 0 Å². The minimum atomic E-state index is -0.499. The van der Waals surface area contributed by atoms with E-state index in [2.05, 4.69) is 16.0 Å². The molecule has 0 radical (unpaired) electrons. The molecule has 1 fully saturated rings. The lowest BCUT2D eigenvalue weighted by Crippen LogP contribution is -2.42. The van der Waals surface area contributed by atoms with Crippen molar-refractivity contribution in [3.05, 3.63) is 59.1 Å². The Bertz CT molecular complexity index is 1070. The summed E-state index contributed by atoms with van der Waals surface area (Å²) in [4.78, 5) is 19.2. The molecular weight excluding hydrogens is 412 g/mol. The second-order valence-corrected chi connectivity index (χ2v) is 9.36. The van der Waals surface area contributed by atoms with E-state index in [-0.39, 0.29) is 12.1 Å². The lowest BCUT2D eigenvalue weighted by Gasteiger charge is -2.28. The standard InChI is InChI=1S/C24H29ClN4O2/c1-24(2,3)31-23(30)28-14-8-10-18(28)15-26-22-27-20-12-6-7-13-21(20)29(22)16-17-9-4-5-11-19(17)25/h4-7,9,11-13,18H,8,10,14-16H2,1-3H3,(H,26,27)/t18-/m1/s1. The van der Waals surface area contributed by atoms with Gasteiger partial charge in [0.25, 0.3) is 0 Å². The molecule has 6 nitrogen and oxygen atoms in total. The topological polar surface area (TPSA) is 59.4 Å². The molecule has 0 bridgehead atoms. The number of carbonyl (C=O) groups excluding carboxylic acids is 1. The molecule has 164 valence electrons. The van der Waals surface area contributed by atoms with Gasteiger partial charge in [0.05, 0.1) is 23.6 Å². The molecule has 7 heteroatoms. The van der Waals surface area contributed by atoms with E-state index in [1.807, 2.05) is 68.1 Å². The number of aromatic nitrogens is 2. The number of amides is 1. The summed E-state index contributed by atoms with van der Waals surface area (Å²) in [5, 5.41) is 4.23. The highest BCUT2D eigenvalue weighted by Crippen LogP contribution is 2.26. The van der Waals surface area contributed by atoms with Crippen LogP contribution in [0.5, 0.6) is 0 Å². The number of likely N-dealkylation sites (tertiary alicyclic amines) is 1. The molecule has 4 rings (SSSR count). The number of benzene rings is 2. The zero-order valence-electron chi connectivity index (χ0n) is 18.3. The second-order valence-electron chi connectivity index (χ2n) is 8.95. The average Bonchev–Trinajstić information content (AvgIpc) is 3.32. The van der Waals surface area contributed by atoms with E-state index < -0.39 is 5.60 Å². The van der Waals surface area contributed by atoms with Crippen molar-refractivity contribution in [2.45, 2.75) is 51.8 Å². The monoisotopic (exact) mass is 440 g/mol. The summed E-state index contributed by atoms with van der Waals surface area (Å²) < 4.78 is 7.73. The van der Waals surface area contributed by atoms with E-state index in [9.17, 15) is 4.79 Å². The van der Waals surface area contributed by atoms with Crippen LogP contribution < -0.4 is 5.32 Å². The number of rotatable bonds is 5. The molecule has 0 saturated carbocycles. The van der Waals surface area contributed by atoms with Crippen LogP contribution >= 0.6 is 11.6 Å². The van der Waals surface area contributed by atoms with E-state index in [1.54, 1.807) is 0 Å². The van der Waals surface area contributed by atoms with Gasteiger partial charge in [-0.2, -0.15) is 0 Å². The van der Waals surface area contributed by atoms with Crippen molar-refractivity contribution in [2.75, 3.05) is 18.4 Å². The lowest BCUT2D eigenvalue weighted by molar-refractivity contribution is 0.0235. The maximum atomic E-state index is 12.6. The van der Waals surface area contributed by atoms with Crippen LogP contribution in [0.2, 0.25) is 5.02 Å². The van der Waals surface area contributed by atoms with Gasteiger partial charge in [-0.15, -0.1) is 0 Å². The number of ether oxygens (including phenoxy) is 1. The highest BCUT2D eigenvalue weighted by molar-refractivity contribution is 6.31. The number of hydrogen-bond donors (Lipinski definition) is 1. The molecule has 2 aromatic carbocycles. The third-order valence-electron chi connectivity index (χ3n) is 5.44. The summed E-state index contributed by atoms with van der Waals surface area (Å²) in [5.41, 5.74) is 2.50. The minimum Gasteiger partial charge on any atom is -0.444 e. The van der Waals surface area contributed by atoms with Gasteiger partial charge in [-0.05, 0) is 57.4 Å². The first-order chi connectivity index (χ1) is 14.8. The van der Waals surface area contributed by atoms with Gasteiger partial charge in [0.2, 0.25) is 5.95 Å². The summed E-state index contributed by atoms with van der Waals surface area (Å²) in [6.45, 7) is 7.63. The Kier molecular flexibility index (Phi) is 6.10. The van der Waals surface area contributed by atoms with Gasteiger partial charge in [-0.3, -0.25) is 0 Å². The molecule has 3 aromatic rings. The Balaban J connectivity index is 1.54. The van der Waals surface area contributed by atoms with E-state index in [1.165, 1.54) is 0 Å². The third kappa shape index (κ3) is 4.96. The summed E-state index contributed by atoms with van der Waals surface area (Å²) >= 11 is 6.42. The lowest BCUT2D eigenvalue weighted by atomic mass is 10.2. The molecule has 1 aliphatic heterocycles. The number of halogens is 1. The summed E-state index contributed by atoms with van der Waals surface area (Å²) in [7, 11) is 0. The highest BCUT2D eigenvalue weighted by Gasteiger charge is 2.32. The van der Waals surface area contributed by atoms with E-state index in [0.717, 1.165) is 47.0 Å². The Hall–Kier alpha value is -2.73. The number of imidazole rings is 1. The smallest absolute Gasteiger partial charge is 0.410 e. The van der Waals surface area contributed by atoms with E-state index in [0.29, 0.717) is 13.1 Å².